The summed E-state index contributed by atoms with van der Waals surface area (Å²) >= 11 is 0. The molecule has 0 unspecified atom stereocenters. The van der Waals surface area contributed by atoms with Crippen LogP contribution in [0.5, 0.6) is 0 Å². The summed E-state index contributed by atoms with van der Waals surface area (Å²) in [5, 5.41) is 0.595. The van der Waals surface area contributed by atoms with Crippen molar-refractivity contribution in [1.29, 1.82) is 0 Å². The molecule has 12 nitrogen and oxygen atoms in total. The number of likely N-dealkylation sites (N-methyl/N-ethyl adjacent to an activating group) is 1. The molecule has 0 saturated carbocycles. The molecule has 0 radical (unpaired) electrons. The number of hydroxylamine groups is 2. The topological polar surface area (TPSA) is 143 Å². The van der Waals surface area contributed by atoms with Gasteiger partial charge >= 0.3 is 23.9 Å². The summed E-state index contributed by atoms with van der Waals surface area (Å²) in [7, 11) is 3.82. The number of amides is 2. The predicted octanol–water partition coefficient (Wildman–Crippen LogP) is 5.34. The van der Waals surface area contributed by atoms with Gasteiger partial charge in [0.25, 0.3) is 11.8 Å². The van der Waals surface area contributed by atoms with E-state index in [1.807, 2.05) is 14.1 Å². The predicted molar refractivity (Wildman–Crippen MR) is 171 cm³/mol. The first kappa shape index (κ1) is 41.0. The number of hydrogen-bond acceptors (Lipinski definition) is 10. The first-order valence-corrected chi connectivity index (χ1v) is 17.3. The van der Waals surface area contributed by atoms with Gasteiger partial charge in [-0.3, -0.25) is 19.2 Å². The molecule has 1 rings (SSSR count). The zero-order valence-corrected chi connectivity index (χ0v) is 28.7. The molecule has 12 heteroatoms. The highest BCUT2D eigenvalue weighted by Crippen LogP contribution is 2.15. The number of carbonyl (C=O) groups is 6. The summed E-state index contributed by atoms with van der Waals surface area (Å²) in [4.78, 5) is 74.4. The first-order valence-electron chi connectivity index (χ1n) is 17.3. The Morgan fingerprint density at radius 3 is 1.46 bits per heavy atom. The molecular formula is C34H59N2O10+. The lowest BCUT2D eigenvalue weighted by Crippen LogP contribution is -2.46. The van der Waals surface area contributed by atoms with E-state index in [1.165, 1.54) is 6.92 Å². The first-order chi connectivity index (χ1) is 22.0. The fourth-order valence-electron chi connectivity index (χ4n) is 5.02. The lowest BCUT2D eigenvalue weighted by molar-refractivity contribution is -0.883. The van der Waals surface area contributed by atoms with Crippen LogP contribution in [0.4, 0.5) is 0 Å². The molecule has 0 bridgehead atoms. The van der Waals surface area contributed by atoms with Crippen molar-refractivity contribution in [1.82, 2.24) is 5.06 Å². The van der Waals surface area contributed by atoms with Gasteiger partial charge < -0.3 is 23.5 Å². The van der Waals surface area contributed by atoms with Crippen LogP contribution in [-0.4, -0.2) is 92.2 Å². The van der Waals surface area contributed by atoms with Crippen LogP contribution in [0, 0.1) is 0 Å². The van der Waals surface area contributed by atoms with E-state index < -0.39 is 17.8 Å². The Labute approximate surface area is 275 Å². The van der Waals surface area contributed by atoms with Crippen LogP contribution >= 0.6 is 0 Å². The number of carbonyl (C=O) groups excluding carboxylic acids is 6. The average Bonchev–Trinajstić information content (AvgIpc) is 3.30. The quantitative estimate of drug-likeness (QED) is 0.0356. The molecule has 1 fully saturated rings. The number of nitrogens with zero attached hydrogens (tertiary/aromatic N) is 2. The van der Waals surface area contributed by atoms with E-state index in [9.17, 15) is 28.8 Å². The minimum Gasteiger partial charge on any atom is -0.466 e. The molecule has 0 aromatic carbocycles. The molecule has 1 aliphatic rings. The molecule has 0 aliphatic carbocycles. The summed E-state index contributed by atoms with van der Waals surface area (Å²) in [6, 6.07) is 0. The highest BCUT2D eigenvalue weighted by Gasteiger charge is 2.32. The second-order valence-corrected chi connectivity index (χ2v) is 12.8. The van der Waals surface area contributed by atoms with E-state index in [1.54, 1.807) is 0 Å². The highest BCUT2D eigenvalue weighted by molar-refractivity contribution is 6.01. The Hall–Kier alpha value is -3.02. The summed E-state index contributed by atoms with van der Waals surface area (Å²) in [5.41, 5.74) is 0. The Balaban J connectivity index is 1.81. The number of rotatable bonds is 28. The lowest BCUT2D eigenvalue weighted by Gasteiger charge is -2.28. The monoisotopic (exact) mass is 655 g/mol. The molecule has 1 saturated heterocycles. The van der Waals surface area contributed by atoms with E-state index in [2.05, 4.69) is 0 Å². The second-order valence-electron chi connectivity index (χ2n) is 12.8. The molecular weight excluding hydrogens is 596 g/mol. The number of unbranched alkanes of at least 4 members (excludes halogenated alkanes) is 14. The molecule has 0 aromatic heterocycles. The molecule has 46 heavy (non-hydrogen) atoms. The molecule has 0 aromatic rings. The van der Waals surface area contributed by atoms with Crippen molar-refractivity contribution < 1.29 is 52.3 Å². The van der Waals surface area contributed by atoms with E-state index in [-0.39, 0.29) is 50.3 Å². The number of ether oxygens (including phenoxy) is 3. The average molecular weight is 656 g/mol. The van der Waals surface area contributed by atoms with Crippen LogP contribution in [0.25, 0.3) is 0 Å². The van der Waals surface area contributed by atoms with Crippen molar-refractivity contribution in [2.75, 3.05) is 47.0 Å². The van der Waals surface area contributed by atoms with Gasteiger partial charge in [-0.2, -0.15) is 0 Å². The minimum absolute atomic E-state index is 0.102. The fraction of sp³-hybridized carbons (Fsp3) is 0.824. The summed E-state index contributed by atoms with van der Waals surface area (Å²) in [6.07, 6.45) is 16.9. The maximum atomic E-state index is 12.0. The van der Waals surface area contributed by atoms with Crippen LogP contribution in [0.1, 0.15) is 135 Å². The Morgan fingerprint density at radius 2 is 0.978 bits per heavy atom. The molecule has 1 heterocycles. The van der Waals surface area contributed by atoms with Gasteiger partial charge in [-0.15, -0.1) is 5.06 Å². The van der Waals surface area contributed by atoms with Crippen LogP contribution < -0.4 is 0 Å². The molecule has 264 valence electrons. The minimum atomic E-state index is -0.538. The van der Waals surface area contributed by atoms with Crippen molar-refractivity contribution in [3.05, 3.63) is 0 Å². The Morgan fingerprint density at radius 1 is 0.565 bits per heavy atom. The van der Waals surface area contributed by atoms with Crippen LogP contribution in [0.3, 0.4) is 0 Å². The summed E-state index contributed by atoms with van der Waals surface area (Å²) < 4.78 is 16.1. The van der Waals surface area contributed by atoms with Gasteiger partial charge in [0.1, 0.15) is 13.2 Å². The maximum absolute atomic E-state index is 12.0. The standard InChI is InChI=1S/C34H59N2O10/c1-29(37)43-27-24-36(2,3)28-34(42)45-26-19-15-11-7-6-10-14-18-25-44-32(40)20-16-12-8-4-5-9-13-17-21-33(41)46-35-30(38)22-23-31(35)39/h4-28H2,1-3H3/q+1. The van der Waals surface area contributed by atoms with E-state index >= 15 is 0 Å². The third-order valence-electron chi connectivity index (χ3n) is 7.83. The van der Waals surface area contributed by atoms with Crippen molar-refractivity contribution in [3.8, 4) is 0 Å². The smallest absolute Gasteiger partial charge is 0.361 e. The number of imide groups is 1. The summed E-state index contributed by atoms with van der Waals surface area (Å²) in [6.45, 7) is 3.39. The van der Waals surface area contributed by atoms with Gasteiger partial charge in [-0.05, 0) is 25.7 Å². The van der Waals surface area contributed by atoms with Crippen molar-refractivity contribution >= 4 is 35.7 Å². The molecule has 1 aliphatic heterocycles. The van der Waals surface area contributed by atoms with Gasteiger partial charge in [-0.25, -0.2) is 9.59 Å². The van der Waals surface area contributed by atoms with E-state index in [0.29, 0.717) is 42.1 Å². The number of quaternary nitrogens is 1. The van der Waals surface area contributed by atoms with Crippen molar-refractivity contribution in [3.63, 3.8) is 0 Å². The van der Waals surface area contributed by atoms with Gasteiger partial charge in [0.15, 0.2) is 6.54 Å². The molecule has 0 N–H and O–H groups in total. The van der Waals surface area contributed by atoms with Crippen LogP contribution in [-0.2, 0) is 47.8 Å². The normalized spacial score (nSPS) is 13.2. The highest BCUT2D eigenvalue weighted by atomic mass is 16.7. The van der Waals surface area contributed by atoms with Gasteiger partial charge in [0.2, 0.25) is 0 Å². The summed E-state index contributed by atoms with van der Waals surface area (Å²) in [5.74, 6) is -2.11. The van der Waals surface area contributed by atoms with Gasteiger partial charge in [-0.1, -0.05) is 77.0 Å². The van der Waals surface area contributed by atoms with Gasteiger partial charge in [0, 0.05) is 32.6 Å². The van der Waals surface area contributed by atoms with E-state index in [0.717, 1.165) is 96.3 Å². The zero-order valence-electron chi connectivity index (χ0n) is 28.7. The third kappa shape index (κ3) is 22.5. The van der Waals surface area contributed by atoms with Crippen LogP contribution in [0.15, 0.2) is 0 Å². The number of esters is 3. The fourth-order valence-corrected chi connectivity index (χ4v) is 5.02. The molecule has 2 amide bonds. The third-order valence-corrected chi connectivity index (χ3v) is 7.83. The Kier molecular flexibility index (Phi) is 22.4. The molecule has 0 atom stereocenters. The zero-order chi connectivity index (χ0) is 34.0. The largest absolute Gasteiger partial charge is 0.466 e. The maximum Gasteiger partial charge on any atom is 0.361 e. The van der Waals surface area contributed by atoms with E-state index in [4.69, 9.17) is 19.0 Å². The van der Waals surface area contributed by atoms with Crippen molar-refractivity contribution in [2.45, 2.75) is 135 Å². The van der Waals surface area contributed by atoms with Crippen LogP contribution in [0.2, 0.25) is 0 Å². The van der Waals surface area contributed by atoms with Gasteiger partial charge in [0.05, 0.1) is 27.3 Å². The lowest BCUT2D eigenvalue weighted by atomic mass is 10.1. The number of hydrogen-bond donors (Lipinski definition) is 0. The Bertz CT molecular complexity index is 921. The van der Waals surface area contributed by atoms with Crippen molar-refractivity contribution in [2.24, 2.45) is 0 Å². The SMILES string of the molecule is CC(=O)OCC[N+](C)(C)CC(=O)OCCCCCCCCCCOC(=O)CCCCCCCCCCC(=O)ON1C(=O)CCC1=O. The molecule has 0 spiro atoms. The second kappa shape index (κ2) is 25.1.